The van der Waals surface area contributed by atoms with Crippen LogP contribution in [0.5, 0.6) is 11.5 Å². The summed E-state index contributed by atoms with van der Waals surface area (Å²) in [5.74, 6) is 0.756. The zero-order valence-electron chi connectivity index (χ0n) is 24.8. The number of aromatic nitrogens is 2. The summed E-state index contributed by atoms with van der Waals surface area (Å²) in [5.41, 5.74) is 3.57. The Morgan fingerprint density at radius 1 is 0.953 bits per heavy atom. The van der Waals surface area contributed by atoms with Gasteiger partial charge >= 0.3 is 0 Å². The fourth-order valence-electron chi connectivity index (χ4n) is 4.16. The smallest absolute Gasteiger partial charge is 0.247 e. The van der Waals surface area contributed by atoms with E-state index in [1.807, 2.05) is 62.4 Å². The Labute approximate surface area is 252 Å². The average molecular weight is 581 g/mol. The van der Waals surface area contributed by atoms with Gasteiger partial charge in [-0.05, 0) is 62.1 Å². The first-order valence-electron chi connectivity index (χ1n) is 13.7. The first kappa shape index (κ1) is 30.7. The number of hydrogen-bond acceptors (Lipinski definition) is 9. The molecule has 0 aliphatic carbocycles. The lowest BCUT2D eigenvalue weighted by atomic mass is 10.1. The number of carbonyl (C=O) groups is 2. The molecule has 0 spiro atoms. The number of amides is 1. The SMILES string of the molecule is C=CC(=O)Nc1cc(Nc2nccc(C(=O)c3ccc(OCc4ccccc4)cc3)n2)c(OC)cc1N(C)CCN(C)C. The number of anilines is 4. The van der Waals surface area contributed by atoms with E-state index in [2.05, 4.69) is 32.1 Å². The zero-order valence-corrected chi connectivity index (χ0v) is 24.8. The first-order chi connectivity index (χ1) is 20.8. The van der Waals surface area contributed by atoms with Crippen molar-refractivity contribution >= 4 is 34.7 Å². The summed E-state index contributed by atoms with van der Waals surface area (Å²) in [7, 11) is 7.49. The van der Waals surface area contributed by atoms with E-state index < -0.39 is 0 Å². The molecule has 0 fully saturated rings. The van der Waals surface area contributed by atoms with Crippen LogP contribution in [0.4, 0.5) is 23.0 Å². The van der Waals surface area contributed by atoms with E-state index in [1.165, 1.54) is 12.3 Å². The van der Waals surface area contributed by atoms with Gasteiger partial charge in [-0.2, -0.15) is 0 Å². The second kappa shape index (κ2) is 14.6. The van der Waals surface area contributed by atoms with Gasteiger partial charge in [0.05, 0.1) is 24.2 Å². The van der Waals surface area contributed by atoms with Gasteiger partial charge in [-0.15, -0.1) is 0 Å². The minimum atomic E-state index is -0.348. The van der Waals surface area contributed by atoms with Crippen LogP contribution in [0.15, 0.2) is 91.6 Å². The Kier molecular flexibility index (Phi) is 10.4. The van der Waals surface area contributed by atoms with Gasteiger partial charge in [-0.1, -0.05) is 36.9 Å². The fourth-order valence-corrected chi connectivity index (χ4v) is 4.16. The molecule has 0 saturated heterocycles. The number of nitrogens with one attached hydrogen (secondary N) is 2. The molecule has 0 unspecified atom stereocenters. The monoisotopic (exact) mass is 580 g/mol. The summed E-state index contributed by atoms with van der Waals surface area (Å²) in [4.78, 5) is 38.4. The van der Waals surface area contributed by atoms with Gasteiger partial charge in [-0.3, -0.25) is 9.59 Å². The molecule has 43 heavy (non-hydrogen) atoms. The third-order valence-corrected chi connectivity index (χ3v) is 6.55. The van der Waals surface area contributed by atoms with E-state index in [0.29, 0.717) is 41.6 Å². The lowest BCUT2D eigenvalue weighted by Crippen LogP contribution is -2.29. The maximum Gasteiger partial charge on any atom is 0.247 e. The summed E-state index contributed by atoms with van der Waals surface area (Å²) in [6.45, 7) is 5.52. The molecule has 0 atom stereocenters. The summed E-state index contributed by atoms with van der Waals surface area (Å²) in [6, 6.07) is 21.9. The predicted octanol–water partition coefficient (Wildman–Crippen LogP) is 5.16. The molecule has 222 valence electrons. The average Bonchev–Trinajstić information content (AvgIpc) is 3.03. The van der Waals surface area contributed by atoms with Crippen LogP contribution < -0.4 is 25.0 Å². The van der Waals surface area contributed by atoms with Crippen molar-refractivity contribution < 1.29 is 19.1 Å². The van der Waals surface area contributed by atoms with Crippen LogP contribution >= 0.6 is 0 Å². The molecule has 2 N–H and O–H groups in total. The van der Waals surface area contributed by atoms with Crippen LogP contribution in [0.25, 0.3) is 0 Å². The van der Waals surface area contributed by atoms with Gasteiger partial charge in [0.2, 0.25) is 17.6 Å². The van der Waals surface area contributed by atoms with Crippen LogP contribution in [0.1, 0.15) is 21.6 Å². The van der Waals surface area contributed by atoms with Crippen LogP contribution in [-0.4, -0.2) is 67.9 Å². The van der Waals surface area contributed by atoms with Crippen molar-refractivity contribution in [2.75, 3.05) is 56.9 Å². The standard InChI is InChI=1S/C33H36N6O4/c1-6-31(40)35-27-20-28(30(42-5)21-29(27)39(4)19-18-38(2)3)37-33-34-17-16-26(36-33)32(41)24-12-14-25(15-13-24)43-22-23-10-8-7-9-11-23/h6-17,20-21H,1,18-19,22H2,2-5H3,(H,35,40)(H,34,36,37). The Morgan fingerprint density at radius 2 is 1.70 bits per heavy atom. The van der Waals surface area contributed by atoms with Crippen LogP contribution in [0.3, 0.4) is 0 Å². The molecule has 1 heterocycles. The molecule has 0 aliphatic heterocycles. The van der Waals surface area contributed by atoms with Gasteiger partial charge in [0.15, 0.2) is 0 Å². The minimum Gasteiger partial charge on any atom is -0.494 e. The molecule has 10 nitrogen and oxygen atoms in total. The lowest BCUT2D eigenvalue weighted by molar-refractivity contribution is -0.111. The number of nitrogens with zero attached hydrogens (tertiary/aromatic N) is 4. The van der Waals surface area contributed by atoms with Crippen molar-refractivity contribution in [1.82, 2.24) is 14.9 Å². The molecule has 4 aromatic rings. The molecular formula is C33H36N6O4. The molecule has 10 heteroatoms. The van der Waals surface area contributed by atoms with Gasteiger partial charge in [0, 0.05) is 38.0 Å². The highest BCUT2D eigenvalue weighted by molar-refractivity contribution is 6.08. The summed E-state index contributed by atoms with van der Waals surface area (Å²) >= 11 is 0. The molecule has 3 aromatic carbocycles. The molecule has 0 radical (unpaired) electrons. The van der Waals surface area contributed by atoms with Crippen molar-refractivity contribution in [2.45, 2.75) is 6.61 Å². The van der Waals surface area contributed by atoms with E-state index in [-0.39, 0.29) is 23.3 Å². The van der Waals surface area contributed by atoms with Gasteiger partial charge in [-0.25, -0.2) is 9.97 Å². The molecule has 0 bridgehead atoms. The number of methoxy groups -OCH3 is 1. The Hall–Kier alpha value is -5.22. The highest BCUT2D eigenvalue weighted by Crippen LogP contribution is 2.38. The van der Waals surface area contributed by atoms with Gasteiger partial charge < -0.3 is 29.9 Å². The normalized spacial score (nSPS) is 10.6. The second-order valence-electron chi connectivity index (χ2n) is 10.0. The van der Waals surface area contributed by atoms with Gasteiger partial charge in [0.25, 0.3) is 0 Å². The number of likely N-dealkylation sites (N-methyl/N-ethyl adjacent to an activating group) is 2. The number of ketones is 1. The highest BCUT2D eigenvalue weighted by atomic mass is 16.5. The maximum atomic E-state index is 13.3. The summed E-state index contributed by atoms with van der Waals surface area (Å²) in [5, 5.41) is 6.00. The predicted molar refractivity (Wildman–Crippen MR) is 170 cm³/mol. The number of rotatable bonds is 14. The quantitative estimate of drug-likeness (QED) is 0.154. The third kappa shape index (κ3) is 8.40. The van der Waals surface area contributed by atoms with Crippen molar-refractivity contribution in [2.24, 2.45) is 0 Å². The Morgan fingerprint density at radius 3 is 2.37 bits per heavy atom. The maximum absolute atomic E-state index is 13.3. The van der Waals surface area contributed by atoms with Crippen LogP contribution in [-0.2, 0) is 11.4 Å². The van der Waals surface area contributed by atoms with Crippen LogP contribution in [0, 0.1) is 0 Å². The highest BCUT2D eigenvalue weighted by Gasteiger charge is 2.18. The largest absolute Gasteiger partial charge is 0.494 e. The van der Waals surface area contributed by atoms with E-state index in [9.17, 15) is 9.59 Å². The second-order valence-corrected chi connectivity index (χ2v) is 10.0. The lowest BCUT2D eigenvalue weighted by Gasteiger charge is -2.26. The van der Waals surface area contributed by atoms with Crippen molar-refractivity contribution in [3.8, 4) is 11.5 Å². The molecule has 1 aromatic heterocycles. The van der Waals surface area contributed by atoms with E-state index in [1.54, 1.807) is 43.5 Å². The topological polar surface area (TPSA) is 109 Å². The minimum absolute atomic E-state index is 0.196. The van der Waals surface area contributed by atoms with Crippen LogP contribution in [0.2, 0.25) is 0 Å². The number of ether oxygens (including phenoxy) is 2. The Balaban J connectivity index is 1.53. The fraction of sp³-hybridized carbons (Fsp3) is 0.212. The van der Waals surface area contributed by atoms with Crippen molar-refractivity contribution in [1.29, 1.82) is 0 Å². The van der Waals surface area contributed by atoms with E-state index in [4.69, 9.17) is 9.47 Å². The molecular weight excluding hydrogens is 544 g/mol. The molecule has 0 aliphatic rings. The number of carbonyl (C=O) groups excluding carboxylic acids is 2. The molecule has 0 saturated carbocycles. The number of hydrogen-bond donors (Lipinski definition) is 2. The summed E-state index contributed by atoms with van der Waals surface area (Å²) in [6.07, 6.45) is 2.72. The molecule has 1 amide bonds. The van der Waals surface area contributed by atoms with Crippen molar-refractivity contribution in [3.63, 3.8) is 0 Å². The zero-order chi connectivity index (χ0) is 30.8. The van der Waals surface area contributed by atoms with E-state index in [0.717, 1.165) is 17.8 Å². The number of benzene rings is 3. The Bertz CT molecular complexity index is 1560. The first-order valence-corrected chi connectivity index (χ1v) is 13.7. The van der Waals surface area contributed by atoms with Gasteiger partial charge in [0.1, 0.15) is 23.8 Å². The summed E-state index contributed by atoms with van der Waals surface area (Å²) < 4.78 is 11.5. The molecule has 4 rings (SSSR count). The third-order valence-electron chi connectivity index (χ3n) is 6.55. The van der Waals surface area contributed by atoms with E-state index >= 15 is 0 Å². The van der Waals surface area contributed by atoms with Crippen molar-refractivity contribution in [3.05, 3.63) is 108 Å².